The zero-order chi connectivity index (χ0) is 13.1. The van der Waals surface area contributed by atoms with E-state index in [0.29, 0.717) is 10.6 Å². The summed E-state index contributed by atoms with van der Waals surface area (Å²) >= 11 is 1.27. The molecule has 0 saturated heterocycles. The van der Waals surface area contributed by atoms with Crippen molar-refractivity contribution in [3.8, 4) is 0 Å². The van der Waals surface area contributed by atoms with E-state index < -0.39 is 5.97 Å². The molecule has 2 rings (SSSR count). The zero-order valence-electron chi connectivity index (χ0n) is 9.60. The minimum Gasteiger partial charge on any atom is -0.478 e. The fourth-order valence-electron chi connectivity index (χ4n) is 1.44. The number of carbonyl (C=O) groups is 2. The first-order chi connectivity index (χ1) is 8.61. The molecule has 0 atom stereocenters. The molecule has 5 nitrogen and oxygen atoms in total. The molecule has 2 N–H and O–H groups in total. The second-order valence-electron chi connectivity index (χ2n) is 3.58. The number of amides is 1. The third-order valence-electron chi connectivity index (χ3n) is 2.37. The van der Waals surface area contributed by atoms with Gasteiger partial charge in [-0.3, -0.25) is 4.79 Å². The molecule has 0 aliphatic rings. The normalized spacial score (nSPS) is 10.3. The van der Waals surface area contributed by atoms with Crippen molar-refractivity contribution in [2.24, 2.45) is 0 Å². The van der Waals surface area contributed by atoms with E-state index in [2.05, 4.69) is 5.32 Å². The number of aromatic carboxylic acids is 1. The molecule has 0 aromatic carbocycles. The molecule has 2 heterocycles. The van der Waals surface area contributed by atoms with Gasteiger partial charge in [-0.05, 0) is 18.6 Å². The van der Waals surface area contributed by atoms with Gasteiger partial charge in [-0.2, -0.15) is 0 Å². The maximum Gasteiger partial charge on any atom is 0.338 e. The van der Waals surface area contributed by atoms with Crippen molar-refractivity contribution in [3.05, 3.63) is 40.7 Å². The van der Waals surface area contributed by atoms with Crippen molar-refractivity contribution in [2.45, 2.75) is 13.3 Å². The fourth-order valence-corrected chi connectivity index (χ4v) is 2.42. The van der Waals surface area contributed by atoms with Crippen LogP contribution >= 0.6 is 11.3 Å². The first-order valence-electron chi connectivity index (χ1n) is 5.31. The molecule has 94 valence electrons. The molecule has 1 amide bonds. The van der Waals surface area contributed by atoms with Gasteiger partial charge in [-0.1, -0.05) is 6.92 Å². The molecule has 0 fully saturated rings. The Hall–Kier alpha value is -2.08. The van der Waals surface area contributed by atoms with Gasteiger partial charge >= 0.3 is 5.97 Å². The molecule has 0 spiro atoms. The second-order valence-corrected chi connectivity index (χ2v) is 4.72. The van der Waals surface area contributed by atoms with Gasteiger partial charge in [0.15, 0.2) is 0 Å². The van der Waals surface area contributed by atoms with Crippen LogP contribution in [0.1, 0.15) is 32.5 Å². The van der Waals surface area contributed by atoms with E-state index in [1.54, 1.807) is 6.07 Å². The van der Waals surface area contributed by atoms with Crippen molar-refractivity contribution in [2.75, 3.05) is 5.32 Å². The van der Waals surface area contributed by atoms with Gasteiger partial charge in [-0.25, -0.2) is 4.79 Å². The first kappa shape index (κ1) is 12.4. The van der Waals surface area contributed by atoms with Crippen LogP contribution in [0.25, 0.3) is 0 Å². The highest BCUT2D eigenvalue weighted by Crippen LogP contribution is 2.29. The molecule has 0 aliphatic carbocycles. The first-order valence-corrected chi connectivity index (χ1v) is 6.13. The Bertz CT molecular complexity index is 571. The van der Waals surface area contributed by atoms with Crippen LogP contribution in [-0.2, 0) is 6.42 Å². The summed E-state index contributed by atoms with van der Waals surface area (Å²) in [6.45, 7) is 1.93. The van der Waals surface area contributed by atoms with E-state index in [0.717, 1.165) is 11.3 Å². The van der Waals surface area contributed by atoms with Crippen molar-refractivity contribution < 1.29 is 19.1 Å². The van der Waals surface area contributed by atoms with Crippen LogP contribution in [0, 0.1) is 0 Å². The van der Waals surface area contributed by atoms with Crippen LogP contribution in [0.5, 0.6) is 0 Å². The lowest BCUT2D eigenvalue weighted by Gasteiger charge is -2.01. The van der Waals surface area contributed by atoms with Crippen LogP contribution in [0.4, 0.5) is 5.00 Å². The maximum absolute atomic E-state index is 11.8. The monoisotopic (exact) mass is 265 g/mol. The van der Waals surface area contributed by atoms with E-state index in [-0.39, 0.29) is 11.5 Å². The Morgan fingerprint density at radius 1 is 1.50 bits per heavy atom. The van der Waals surface area contributed by atoms with E-state index in [1.165, 1.54) is 29.9 Å². The summed E-state index contributed by atoms with van der Waals surface area (Å²) in [7, 11) is 0. The van der Waals surface area contributed by atoms with Gasteiger partial charge in [0.2, 0.25) is 0 Å². The largest absolute Gasteiger partial charge is 0.478 e. The number of aryl methyl sites for hydroxylation is 1. The summed E-state index contributed by atoms with van der Waals surface area (Å²) in [5.74, 6) is -1.43. The molecular formula is C12H11NO4S. The number of carboxylic acid groups (broad SMARTS) is 1. The highest BCUT2D eigenvalue weighted by atomic mass is 32.1. The highest BCUT2D eigenvalue weighted by molar-refractivity contribution is 7.16. The average Bonchev–Trinajstić information content (AvgIpc) is 2.97. The van der Waals surface area contributed by atoms with Crippen LogP contribution in [-0.4, -0.2) is 17.0 Å². The molecule has 2 aromatic heterocycles. The molecule has 6 heteroatoms. The molecule has 0 aliphatic heterocycles. The third kappa shape index (κ3) is 2.43. The van der Waals surface area contributed by atoms with Crippen molar-refractivity contribution in [3.63, 3.8) is 0 Å². The van der Waals surface area contributed by atoms with Crippen LogP contribution in [0.3, 0.4) is 0 Å². The van der Waals surface area contributed by atoms with Crippen LogP contribution in [0.2, 0.25) is 0 Å². The molecule has 0 saturated carbocycles. The smallest absolute Gasteiger partial charge is 0.338 e. The van der Waals surface area contributed by atoms with Crippen LogP contribution in [0.15, 0.2) is 29.1 Å². The van der Waals surface area contributed by atoms with E-state index in [9.17, 15) is 9.59 Å². The Kier molecular flexibility index (Phi) is 3.47. The predicted octanol–water partition coefficient (Wildman–Crippen LogP) is 2.85. The maximum atomic E-state index is 11.8. The Morgan fingerprint density at radius 2 is 2.28 bits per heavy atom. The lowest BCUT2D eigenvalue weighted by Crippen LogP contribution is -2.12. The summed E-state index contributed by atoms with van der Waals surface area (Å²) in [6, 6.07) is 3.10. The van der Waals surface area contributed by atoms with Crippen molar-refractivity contribution >= 4 is 28.2 Å². The van der Waals surface area contributed by atoms with E-state index in [4.69, 9.17) is 9.52 Å². The van der Waals surface area contributed by atoms with Gasteiger partial charge in [-0.15, -0.1) is 11.3 Å². The molecule has 0 unspecified atom stereocenters. The quantitative estimate of drug-likeness (QED) is 0.890. The zero-order valence-corrected chi connectivity index (χ0v) is 10.4. The number of carbonyl (C=O) groups excluding carboxylic acids is 1. The lowest BCUT2D eigenvalue weighted by molar-refractivity contribution is 0.0698. The number of carboxylic acids is 1. The number of thiophene rings is 1. The molecule has 0 bridgehead atoms. The topological polar surface area (TPSA) is 79.5 Å². The minimum absolute atomic E-state index is 0.119. The number of rotatable bonds is 4. The van der Waals surface area contributed by atoms with Crippen molar-refractivity contribution in [1.82, 2.24) is 0 Å². The number of furan rings is 1. The van der Waals surface area contributed by atoms with Gasteiger partial charge in [0.05, 0.1) is 17.4 Å². The number of anilines is 1. The fraction of sp³-hybridized carbons (Fsp3) is 0.167. The van der Waals surface area contributed by atoms with E-state index in [1.807, 2.05) is 6.92 Å². The van der Waals surface area contributed by atoms with Crippen LogP contribution < -0.4 is 5.32 Å². The van der Waals surface area contributed by atoms with E-state index >= 15 is 0 Å². The van der Waals surface area contributed by atoms with Gasteiger partial charge in [0, 0.05) is 4.88 Å². The Labute approximate surface area is 107 Å². The molecule has 2 aromatic rings. The van der Waals surface area contributed by atoms with Crippen molar-refractivity contribution in [1.29, 1.82) is 0 Å². The number of hydrogen-bond acceptors (Lipinski definition) is 4. The van der Waals surface area contributed by atoms with Gasteiger partial charge in [0.1, 0.15) is 11.3 Å². The number of hydrogen-bond donors (Lipinski definition) is 2. The summed E-state index contributed by atoms with van der Waals surface area (Å²) in [5.41, 5.74) is 0.478. The standard InChI is InChI=1S/C12H11NO4S/c1-2-8-5-9(12(15)16)11(18-8)13-10(14)7-3-4-17-6-7/h3-6H,2H2,1H3,(H,13,14)(H,15,16). The summed E-state index contributed by atoms with van der Waals surface area (Å²) in [4.78, 5) is 23.8. The highest BCUT2D eigenvalue weighted by Gasteiger charge is 2.17. The lowest BCUT2D eigenvalue weighted by atomic mass is 10.2. The second kappa shape index (κ2) is 5.05. The summed E-state index contributed by atoms with van der Waals surface area (Å²) in [6.07, 6.45) is 3.43. The molecular weight excluding hydrogens is 254 g/mol. The Morgan fingerprint density at radius 3 is 2.83 bits per heavy atom. The molecule has 0 radical (unpaired) electrons. The summed E-state index contributed by atoms with van der Waals surface area (Å²) < 4.78 is 4.80. The minimum atomic E-state index is -1.05. The SMILES string of the molecule is CCc1cc(C(=O)O)c(NC(=O)c2ccoc2)s1. The average molecular weight is 265 g/mol. The molecule has 18 heavy (non-hydrogen) atoms. The van der Waals surface area contributed by atoms with Gasteiger partial charge < -0.3 is 14.8 Å². The number of nitrogens with one attached hydrogen (secondary N) is 1. The predicted molar refractivity (Wildman–Crippen MR) is 67.3 cm³/mol. The summed E-state index contributed by atoms with van der Waals surface area (Å²) in [5, 5.41) is 12.0. The van der Waals surface area contributed by atoms with Gasteiger partial charge in [0.25, 0.3) is 5.91 Å². The Balaban J connectivity index is 2.25. The third-order valence-corrected chi connectivity index (χ3v) is 3.57.